The van der Waals surface area contributed by atoms with Crippen molar-refractivity contribution in [2.24, 2.45) is 11.1 Å². The molecule has 0 aliphatic carbocycles. The highest BCUT2D eigenvalue weighted by atomic mass is 79.9. The number of fused-ring (bicyclic) bond motifs is 1. The summed E-state index contributed by atoms with van der Waals surface area (Å²) >= 11 is 3.49. The molecule has 4 rings (SSSR count). The first kappa shape index (κ1) is 14.5. The Balaban J connectivity index is 1.59. The number of anilines is 1. The third kappa shape index (κ3) is 2.08. The van der Waals surface area contributed by atoms with Gasteiger partial charge in [0.25, 0.3) is 0 Å². The van der Waals surface area contributed by atoms with Gasteiger partial charge in [-0.2, -0.15) is 0 Å². The number of hydrogen-bond acceptors (Lipinski definition) is 5. The summed E-state index contributed by atoms with van der Waals surface area (Å²) in [5.41, 5.74) is 7.39. The Morgan fingerprint density at radius 3 is 2.86 bits per heavy atom. The van der Waals surface area contributed by atoms with Gasteiger partial charge >= 0.3 is 0 Å². The molecule has 2 aromatic heterocycles. The average Bonchev–Trinajstić information content (AvgIpc) is 3.12. The molecule has 5 nitrogen and oxygen atoms in total. The molecule has 0 aromatic carbocycles. The van der Waals surface area contributed by atoms with E-state index in [1.54, 1.807) is 6.26 Å². The van der Waals surface area contributed by atoms with Crippen LogP contribution in [0.2, 0.25) is 0 Å². The molecule has 2 aliphatic heterocycles. The number of furan rings is 1. The summed E-state index contributed by atoms with van der Waals surface area (Å²) in [7, 11) is 0. The number of ether oxygens (including phenoxy) is 1. The molecule has 2 fully saturated rings. The summed E-state index contributed by atoms with van der Waals surface area (Å²) in [6, 6.07) is 2.13. The third-order valence-corrected chi connectivity index (χ3v) is 5.89. The van der Waals surface area contributed by atoms with Crippen molar-refractivity contribution in [1.29, 1.82) is 0 Å². The second-order valence-corrected chi connectivity index (χ2v) is 7.34. The second kappa shape index (κ2) is 5.22. The Labute approximate surface area is 137 Å². The van der Waals surface area contributed by atoms with Crippen LogP contribution in [-0.4, -0.2) is 36.8 Å². The predicted octanol–water partition coefficient (Wildman–Crippen LogP) is 2.92. The minimum Gasteiger partial charge on any atom is -0.463 e. The molecule has 118 valence electrons. The van der Waals surface area contributed by atoms with Gasteiger partial charge in [-0.05, 0) is 41.8 Å². The van der Waals surface area contributed by atoms with Crippen LogP contribution in [0, 0.1) is 5.41 Å². The minimum absolute atomic E-state index is 0.140. The Hall–Kier alpha value is -1.11. The number of halogens is 1. The van der Waals surface area contributed by atoms with Crippen LogP contribution >= 0.6 is 15.9 Å². The van der Waals surface area contributed by atoms with Crippen LogP contribution in [0.15, 0.2) is 27.4 Å². The van der Waals surface area contributed by atoms with Gasteiger partial charge in [-0.3, -0.25) is 0 Å². The average molecular weight is 366 g/mol. The number of aromatic nitrogens is 1. The Kier molecular flexibility index (Phi) is 3.43. The number of nitrogens with two attached hydrogens (primary N) is 1. The normalized spacial score (nSPS) is 27.9. The van der Waals surface area contributed by atoms with Crippen LogP contribution in [0.1, 0.15) is 19.8 Å². The first-order valence-electron chi connectivity index (χ1n) is 7.75. The number of nitrogens with zero attached hydrogens (tertiary/aromatic N) is 2. The molecule has 0 unspecified atom stereocenters. The van der Waals surface area contributed by atoms with Crippen molar-refractivity contribution in [3.63, 3.8) is 0 Å². The molecule has 2 N–H and O–H groups in total. The Bertz CT molecular complexity index is 694. The summed E-state index contributed by atoms with van der Waals surface area (Å²) in [5, 5.41) is 1.06. The largest absolute Gasteiger partial charge is 0.463 e. The van der Waals surface area contributed by atoms with Crippen LogP contribution in [0.4, 0.5) is 5.82 Å². The summed E-state index contributed by atoms with van der Waals surface area (Å²) in [5.74, 6) is 1.00. The highest BCUT2D eigenvalue weighted by Crippen LogP contribution is 2.42. The number of pyridine rings is 1. The van der Waals surface area contributed by atoms with Crippen molar-refractivity contribution in [3.05, 3.63) is 23.0 Å². The fourth-order valence-corrected chi connectivity index (χ4v) is 4.21. The highest BCUT2D eigenvalue weighted by molar-refractivity contribution is 9.10. The van der Waals surface area contributed by atoms with Gasteiger partial charge < -0.3 is 19.8 Å². The maximum atomic E-state index is 6.39. The Morgan fingerprint density at radius 2 is 2.18 bits per heavy atom. The fraction of sp³-hybridized carbons (Fsp3) is 0.562. The molecule has 0 radical (unpaired) electrons. The van der Waals surface area contributed by atoms with Crippen molar-refractivity contribution >= 4 is 32.7 Å². The summed E-state index contributed by atoms with van der Waals surface area (Å²) < 4.78 is 12.2. The topological polar surface area (TPSA) is 64.5 Å². The molecule has 2 aliphatic rings. The van der Waals surface area contributed by atoms with E-state index in [0.717, 1.165) is 53.8 Å². The third-order valence-electron chi connectivity index (χ3n) is 5.33. The number of piperidine rings is 1. The molecule has 2 atom stereocenters. The van der Waals surface area contributed by atoms with Crippen molar-refractivity contribution in [2.75, 3.05) is 24.6 Å². The molecule has 1 spiro atoms. The smallest absolute Gasteiger partial charge is 0.153 e. The van der Waals surface area contributed by atoms with Crippen LogP contribution in [0.3, 0.4) is 0 Å². The molecule has 0 saturated carbocycles. The van der Waals surface area contributed by atoms with Crippen molar-refractivity contribution < 1.29 is 9.15 Å². The fourth-order valence-electron chi connectivity index (χ4n) is 3.80. The van der Waals surface area contributed by atoms with Crippen molar-refractivity contribution in [2.45, 2.75) is 31.9 Å². The van der Waals surface area contributed by atoms with Gasteiger partial charge in [0.1, 0.15) is 5.82 Å². The Morgan fingerprint density at radius 1 is 1.41 bits per heavy atom. The van der Waals surface area contributed by atoms with E-state index in [4.69, 9.17) is 14.9 Å². The lowest BCUT2D eigenvalue weighted by Crippen LogP contribution is -2.50. The summed E-state index contributed by atoms with van der Waals surface area (Å²) in [4.78, 5) is 6.95. The highest BCUT2D eigenvalue weighted by Gasteiger charge is 2.47. The van der Waals surface area contributed by atoms with Gasteiger partial charge in [0.05, 0.1) is 28.8 Å². The van der Waals surface area contributed by atoms with E-state index >= 15 is 0 Å². The van der Waals surface area contributed by atoms with E-state index in [2.05, 4.69) is 32.7 Å². The van der Waals surface area contributed by atoms with Crippen molar-refractivity contribution in [3.8, 4) is 0 Å². The number of rotatable bonds is 1. The molecule has 0 bridgehead atoms. The van der Waals surface area contributed by atoms with E-state index in [0.29, 0.717) is 0 Å². The van der Waals surface area contributed by atoms with Crippen molar-refractivity contribution in [1.82, 2.24) is 4.98 Å². The lowest BCUT2D eigenvalue weighted by Gasteiger charge is -2.41. The van der Waals surface area contributed by atoms with Crippen LogP contribution < -0.4 is 10.6 Å². The van der Waals surface area contributed by atoms with Crippen LogP contribution in [0.5, 0.6) is 0 Å². The zero-order chi connectivity index (χ0) is 15.3. The molecule has 0 amide bonds. The maximum absolute atomic E-state index is 6.39. The minimum atomic E-state index is 0.140. The lowest BCUT2D eigenvalue weighted by atomic mass is 9.73. The van der Waals surface area contributed by atoms with Gasteiger partial charge in [-0.25, -0.2) is 4.98 Å². The van der Waals surface area contributed by atoms with Crippen LogP contribution in [-0.2, 0) is 4.74 Å². The SMILES string of the molecule is C[C@@H]1OCC2(CCN(c3ncc(Br)c4occc34)CC2)[C@@H]1N. The number of hydrogen-bond donors (Lipinski definition) is 1. The van der Waals surface area contributed by atoms with E-state index in [-0.39, 0.29) is 17.6 Å². The lowest BCUT2D eigenvalue weighted by molar-refractivity contribution is 0.0974. The van der Waals surface area contributed by atoms with Gasteiger partial charge in [0.2, 0.25) is 0 Å². The molecule has 6 heteroatoms. The molecular formula is C16H20BrN3O2. The summed E-state index contributed by atoms with van der Waals surface area (Å²) in [6.07, 6.45) is 5.80. The first-order chi connectivity index (χ1) is 10.6. The summed E-state index contributed by atoms with van der Waals surface area (Å²) in [6.45, 7) is 4.78. The molecule has 4 heterocycles. The molecule has 2 aromatic rings. The van der Waals surface area contributed by atoms with Gasteiger partial charge in [0, 0.05) is 30.7 Å². The standard InChI is InChI=1S/C16H20BrN3O2/c1-10-14(18)16(9-22-10)3-5-20(6-4-16)15-11-2-7-21-13(11)12(17)8-19-15/h2,7-8,10,14H,3-6,9,18H2,1H3/t10-,14+/m0/s1. The van der Waals surface area contributed by atoms with Crippen LogP contribution in [0.25, 0.3) is 11.0 Å². The molecule has 22 heavy (non-hydrogen) atoms. The van der Waals surface area contributed by atoms with E-state index in [1.807, 2.05) is 12.3 Å². The zero-order valence-electron chi connectivity index (χ0n) is 12.6. The molecule has 2 saturated heterocycles. The van der Waals surface area contributed by atoms with E-state index < -0.39 is 0 Å². The quantitative estimate of drug-likeness (QED) is 0.841. The predicted molar refractivity (Wildman–Crippen MR) is 89.0 cm³/mol. The van der Waals surface area contributed by atoms with Gasteiger partial charge in [0.15, 0.2) is 5.58 Å². The van der Waals surface area contributed by atoms with E-state index in [9.17, 15) is 0 Å². The monoisotopic (exact) mass is 365 g/mol. The van der Waals surface area contributed by atoms with Gasteiger partial charge in [-0.1, -0.05) is 0 Å². The maximum Gasteiger partial charge on any atom is 0.153 e. The zero-order valence-corrected chi connectivity index (χ0v) is 14.2. The molecular weight excluding hydrogens is 346 g/mol. The second-order valence-electron chi connectivity index (χ2n) is 6.48. The van der Waals surface area contributed by atoms with Gasteiger partial charge in [-0.15, -0.1) is 0 Å². The van der Waals surface area contributed by atoms with E-state index in [1.165, 1.54) is 0 Å². The first-order valence-corrected chi connectivity index (χ1v) is 8.54.